The fourth-order valence-electron chi connectivity index (χ4n) is 0.934. The van der Waals surface area contributed by atoms with E-state index in [9.17, 15) is 18.0 Å². The molecule has 16 heavy (non-hydrogen) atoms. The fraction of sp³-hybridized carbons (Fsp3) is 0.333. The average molecular weight is 235 g/mol. The number of halogens is 3. The molecule has 0 radical (unpaired) electrons. The molecule has 1 aromatic heterocycles. The van der Waals surface area contributed by atoms with E-state index in [0.717, 1.165) is 18.5 Å². The van der Waals surface area contributed by atoms with Gasteiger partial charge in [-0.25, -0.2) is 4.79 Å². The Kier molecular flexibility index (Phi) is 3.70. The quantitative estimate of drug-likeness (QED) is 0.753. The molecule has 0 N–H and O–H groups in total. The van der Waals surface area contributed by atoms with Crippen LogP contribution in [0.3, 0.4) is 0 Å². The molecule has 4 nitrogen and oxygen atoms in total. The molecule has 0 saturated heterocycles. The number of hydrogen-bond acceptors (Lipinski definition) is 4. The van der Waals surface area contributed by atoms with Gasteiger partial charge in [-0.2, -0.15) is 0 Å². The molecule has 1 heterocycles. The van der Waals surface area contributed by atoms with Crippen LogP contribution in [0.4, 0.5) is 13.2 Å². The van der Waals surface area contributed by atoms with Crippen molar-refractivity contribution < 1.29 is 27.4 Å². The van der Waals surface area contributed by atoms with Gasteiger partial charge < -0.3 is 9.47 Å². The summed E-state index contributed by atoms with van der Waals surface area (Å²) < 4.78 is 43.8. The Hall–Kier alpha value is -1.79. The normalized spacial score (nSPS) is 11.0. The van der Waals surface area contributed by atoms with Crippen molar-refractivity contribution in [2.45, 2.75) is 13.3 Å². The second kappa shape index (κ2) is 4.82. The van der Waals surface area contributed by atoms with Crippen molar-refractivity contribution in [1.29, 1.82) is 0 Å². The molecule has 1 rings (SSSR count). The maximum atomic E-state index is 11.9. The van der Waals surface area contributed by atoms with Gasteiger partial charge in [0.1, 0.15) is 5.75 Å². The average Bonchev–Trinajstić information content (AvgIpc) is 2.16. The SMILES string of the molecule is CCOC(=O)c1cncc(OC(F)(F)F)c1. The van der Waals surface area contributed by atoms with Crippen LogP contribution in [0.5, 0.6) is 5.75 Å². The van der Waals surface area contributed by atoms with E-state index in [2.05, 4.69) is 14.5 Å². The van der Waals surface area contributed by atoms with Gasteiger partial charge in [0.15, 0.2) is 0 Å². The summed E-state index contributed by atoms with van der Waals surface area (Å²) in [5.41, 5.74) is -0.0939. The number of alkyl halides is 3. The monoisotopic (exact) mass is 235 g/mol. The van der Waals surface area contributed by atoms with E-state index in [0.29, 0.717) is 0 Å². The zero-order chi connectivity index (χ0) is 12.2. The van der Waals surface area contributed by atoms with E-state index in [1.165, 1.54) is 0 Å². The maximum absolute atomic E-state index is 11.9. The van der Waals surface area contributed by atoms with E-state index >= 15 is 0 Å². The Morgan fingerprint density at radius 3 is 2.69 bits per heavy atom. The Labute approximate surface area is 89.0 Å². The van der Waals surface area contributed by atoms with E-state index in [4.69, 9.17) is 0 Å². The molecule has 0 spiro atoms. The summed E-state index contributed by atoms with van der Waals surface area (Å²) in [5, 5.41) is 0. The minimum absolute atomic E-state index is 0.0939. The van der Waals surface area contributed by atoms with Crippen molar-refractivity contribution in [1.82, 2.24) is 4.98 Å². The molecule has 0 aliphatic carbocycles. The summed E-state index contributed by atoms with van der Waals surface area (Å²) in [6.45, 7) is 1.71. The highest BCUT2D eigenvalue weighted by molar-refractivity contribution is 5.89. The lowest BCUT2D eigenvalue weighted by atomic mass is 10.3. The molecule has 1 aromatic rings. The summed E-state index contributed by atoms with van der Waals surface area (Å²) in [6, 6.07) is 0.915. The zero-order valence-electron chi connectivity index (χ0n) is 8.25. The Bertz CT molecular complexity index is 379. The molecule has 0 unspecified atom stereocenters. The Morgan fingerprint density at radius 2 is 2.12 bits per heavy atom. The second-order valence-corrected chi connectivity index (χ2v) is 2.68. The van der Waals surface area contributed by atoms with E-state index in [1.54, 1.807) is 6.92 Å². The van der Waals surface area contributed by atoms with Gasteiger partial charge in [-0.15, -0.1) is 13.2 Å². The molecule has 88 valence electrons. The number of carbonyl (C=O) groups excluding carboxylic acids is 1. The number of pyridine rings is 1. The largest absolute Gasteiger partial charge is 0.573 e. The molecule has 0 bridgehead atoms. The van der Waals surface area contributed by atoms with Crippen LogP contribution in [-0.4, -0.2) is 23.9 Å². The standard InChI is InChI=1S/C9H8F3NO3/c1-2-15-8(14)6-3-7(5-13-4-6)16-9(10,11)12/h3-5H,2H2,1H3. The van der Waals surface area contributed by atoms with Crippen molar-refractivity contribution in [3.05, 3.63) is 24.0 Å². The highest BCUT2D eigenvalue weighted by Gasteiger charge is 2.31. The first-order valence-corrected chi connectivity index (χ1v) is 4.30. The lowest BCUT2D eigenvalue weighted by Gasteiger charge is -2.08. The van der Waals surface area contributed by atoms with Crippen LogP contribution in [0.25, 0.3) is 0 Å². The third-order valence-electron chi connectivity index (χ3n) is 1.46. The summed E-state index contributed by atoms with van der Waals surface area (Å²) in [6.07, 6.45) is -2.85. The Morgan fingerprint density at radius 1 is 1.44 bits per heavy atom. The number of carbonyl (C=O) groups is 1. The van der Waals surface area contributed by atoms with Crippen molar-refractivity contribution >= 4 is 5.97 Å². The molecule has 0 aliphatic rings. The number of hydrogen-bond donors (Lipinski definition) is 0. The maximum Gasteiger partial charge on any atom is 0.573 e. The van der Waals surface area contributed by atoms with Crippen LogP contribution in [0.2, 0.25) is 0 Å². The molecule has 0 fully saturated rings. The predicted octanol–water partition coefficient (Wildman–Crippen LogP) is 2.16. The first-order valence-electron chi connectivity index (χ1n) is 4.30. The van der Waals surface area contributed by atoms with Gasteiger partial charge in [0.2, 0.25) is 0 Å². The molecule has 0 aromatic carbocycles. The molecule has 0 saturated carbocycles. The number of esters is 1. The van der Waals surface area contributed by atoms with E-state index in [-0.39, 0.29) is 12.2 Å². The number of aromatic nitrogens is 1. The van der Waals surface area contributed by atoms with Crippen LogP contribution in [-0.2, 0) is 4.74 Å². The summed E-state index contributed by atoms with van der Waals surface area (Å²) in [5.74, 6) is -1.30. The number of rotatable bonds is 3. The number of nitrogens with zero attached hydrogens (tertiary/aromatic N) is 1. The smallest absolute Gasteiger partial charge is 0.462 e. The summed E-state index contributed by atoms with van der Waals surface area (Å²) in [7, 11) is 0. The highest BCUT2D eigenvalue weighted by Crippen LogP contribution is 2.22. The lowest BCUT2D eigenvalue weighted by Crippen LogP contribution is -2.17. The Balaban J connectivity index is 2.83. The van der Waals surface area contributed by atoms with Crippen molar-refractivity contribution in [2.75, 3.05) is 6.61 Å². The number of ether oxygens (including phenoxy) is 2. The first-order chi connectivity index (χ1) is 7.42. The molecule has 0 amide bonds. The van der Waals surface area contributed by atoms with Crippen LogP contribution >= 0.6 is 0 Å². The van der Waals surface area contributed by atoms with E-state index in [1.807, 2.05) is 0 Å². The van der Waals surface area contributed by atoms with Gasteiger partial charge in [0.25, 0.3) is 0 Å². The van der Waals surface area contributed by atoms with Gasteiger partial charge >= 0.3 is 12.3 Å². The van der Waals surface area contributed by atoms with Gasteiger partial charge in [-0.3, -0.25) is 4.98 Å². The van der Waals surface area contributed by atoms with Crippen LogP contribution in [0.15, 0.2) is 18.5 Å². The van der Waals surface area contributed by atoms with Crippen LogP contribution in [0, 0.1) is 0 Å². The molecular formula is C9H8F3NO3. The van der Waals surface area contributed by atoms with Crippen LogP contribution in [0.1, 0.15) is 17.3 Å². The molecule has 7 heteroatoms. The van der Waals surface area contributed by atoms with Crippen molar-refractivity contribution in [2.24, 2.45) is 0 Å². The summed E-state index contributed by atoms with van der Waals surface area (Å²) in [4.78, 5) is 14.6. The zero-order valence-corrected chi connectivity index (χ0v) is 8.25. The fourth-order valence-corrected chi connectivity index (χ4v) is 0.934. The molecule has 0 atom stereocenters. The first kappa shape index (κ1) is 12.3. The van der Waals surface area contributed by atoms with Gasteiger partial charge in [-0.05, 0) is 13.0 Å². The van der Waals surface area contributed by atoms with E-state index < -0.39 is 18.1 Å². The van der Waals surface area contributed by atoms with Gasteiger partial charge in [0, 0.05) is 6.20 Å². The predicted molar refractivity (Wildman–Crippen MR) is 46.9 cm³/mol. The van der Waals surface area contributed by atoms with Crippen molar-refractivity contribution in [3.63, 3.8) is 0 Å². The van der Waals surface area contributed by atoms with Gasteiger partial charge in [-0.1, -0.05) is 0 Å². The van der Waals surface area contributed by atoms with Crippen molar-refractivity contribution in [3.8, 4) is 5.75 Å². The third-order valence-corrected chi connectivity index (χ3v) is 1.46. The topological polar surface area (TPSA) is 48.4 Å². The third kappa shape index (κ3) is 3.76. The summed E-state index contributed by atoms with van der Waals surface area (Å²) >= 11 is 0. The minimum Gasteiger partial charge on any atom is -0.462 e. The van der Waals surface area contributed by atoms with Crippen LogP contribution < -0.4 is 4.74 Å². The second-order valence-electron chi connectivity index (χ2n) is 2.68. The molecule has 0 aliphatic heterocycles. The van der Waals surface area contributed by atoms with Gasteiger partial charge in [0.05, 0.1) is 18.4 Å². The lowest BCUT2D eigenvalue weighted by molar-refractivity contribution is -0.274. The molecular weight excluding hydrogens is 227 g/mol. The minimum atomic E-state index is -4.81. The highest BCUT2D eigenvalue weighted by atomic mass is 19.4.